The van der Waals surface area contributed by atoms with Crippen molar-refractivity contribution >= 4 is 5.57 Å². The van der Waals surface area contributed by atoms with Crippen LogP contribution in [0.5, 0.6) is 0 Å². The highest BCUT2D eigenvalue weighted by atomic mass is 19.1. The molecule has 0 bridgehead atoms. The molecule has 190 valence electrons. The Morgan fingerprint density at radius 3 is 2.36 bits per heavy atom. The van der Waals surface area contributed by atoms with E-state index in [0.29, 0.717) is 5.56 Å². The third kappa shape index (κ3) is 11.2. The summed E-state index contributed by atoms with van der Waals surface area (Å²) in [5, 5.41) is 12.2. The Balaban J connectivity index is 0.000000304. The first-order valence-corrected chi connectivity index (χ1v) is 12.6. The molecule has 0 unspecified atom stereocenters. The van der Waals surface area contributed by atoms with Gasteiger partial charge in [0.25, 0.3) is 0 Å². The van der Waals surface area contributed by atoms with Crippen LogP contribution in [0.2, 0.25) is 0 Å². The molecule has 0 radical (unpaired) electrons. The van der Waals surface area contributed by atoms with Crippen LogP contribution in [0.3, 0.4) is 0 Å². The van der Waals surface area contributed by atoms with Crippen molar-refractivity contribution < 1.29 is 4.39 Å². The quantitative estimate of drug-likeness (QED) is 0.324. The van der Waals surface area contributed by atoms with Gasteiger partial charge in [-0.2, -0.15) is 5.26 Å². The second kappa shape index (κ2) is 16.9. The molecule has 0 atom stereocenters. The van der Waals surface area contributed by atoms with Gasteiger partial charge in [0.1, 0.15) is 5.82 Å². The summed E-state index contributed by atoms with van der Waals surface area (Å²) < 4.78 is 12.5. The number of nitriles is 1. The van der Waals surface area contributed by atoms with E-state index in [-0.39, 0.29) is 5.82 Å². The second-order valence-corrected chi connectivity index (χ2v) is 9.19. The third-order valence-electron chi connectivity index (χ3n) is 5.48. The number of hydrogen-bond acceptors (Lipinski definition) is 2. The van der Waals surface area contributed by atoms with E-state index in [2.05, 4.69) is 64.4 Å². The Bertz CT molecular complexity index is 1140. The maximum absolute atomic E-state index is 12.5. The zero-order chi connectivity index (χ0) is 26.9. The van der Waals surface area contributed by atoms with Gasteiger partial charge in [-0.05, 0) is 84.8 Å². The molecule has 0 saturated carbocycles. The largest absolute Gasteiger partial charge is 0.391 e. The van der Waals surface area contributed by atoms with E-state index >= 15 is 0 Å². The van der Waals surface area contributed by atoms with Crippen molar-refractivity contribution in [3.05, 3.63) is 114 Å². The molecule has 0 spiro atoms. The molecule has 0 aliphatic carbocycles. The summed E-state index contributed by atoms with van der Waals surface area (Å²) in [6.45, 7) is 19.2. The van der Waals surface area contributed by atoms with Crippen molar-refractivity contribution in [1.82, 2.24) is 5.32 Å². The van der Waals surface area contributed by atoms with Crippen molar-refractivity contribution in [1.29, 1.82) is 5.26 Å². The molecule has 3 aromatic carbocycles. The molecule has 0 aliphatic rings. The Hall–Kier alpha value is -3.64. The van der Waals surface area contributed by atoms with Gasteiger partial charge in [-0.1, -0.05) is 94.5 Å². The Kier molecular flexibility index (Phi) is 14.3. The lowest BCUT2D eigenvalue weighted by atomic mass is 9.95. The summed E-state index contributed by atoms with van der Waals surface area (Å²) in [6, 6.07) is 22.9. The number of halogens is 1. The molecular formula is C33H41FN2. The van der Waals surface area contributed by atoms with Crippen LogP contribution >= 0.6 is 0 Å². The van der Waals surface area contributed by atoms with Crippen LogP contribution < -0.4 is 5.32 Å². The molecule has 0 saturated heterocycles. The van der Waals surface area contributed by atoms with Crippen molar-refractivity contribution in [3.8, 4) is 17.2 Å². The van der Waals surface area contributed by atoms with Crippen LogP contribution in [-0.4, -0.2) is 6.54 Å². The third-order valence-corrected chi connectivity index (χ3v) is 5.48. The first-order chi connectivity index (χ1) is 17.2. The molecule has 0 fully saturated rings. The topological polar surface area (TPSA) is 35.8 Å². The molecule has 2 nitrogen and oxygen atoms in total. The number of nitrogens with one attached hydrogen (secondary N) is 1. The summed E-state index contributed by atoms with van der Waals surface area (Å²) in [5.41, 5.74) is 7.28. The van der Waals surface area contributed by atoms with Gasteiger partial charge in [0, 0.05) is 6.54 Å². The van der Waals surface area contributed by atoms with Crippen molar-refractivity contribution in [2.75, 3.05) is 6.54 Å². The number of rotatable bonds is 8. The second-order valence-electron chi connectivity index (χ2n) is 9.19. The highest BCUT2D eigenvalue weighted by Crippen LogP contribution is 2.27. The Morgan fingerprint density at radius 1 is 1.08 bits per heavy atom. The number of aryl methyl sites for hydroxylation is 2. The summed E-state index contributed by atoms with van der Waals surface area (Å²) in [4.78, 5) is 0. The molecule has 0 amide bonds. The lowest BCUT2D eigenvalue weighted by molar-refractivity contribution is 0.571. The van der Waals surface area contributed by atoms with Crippen LogP contribution in [0, 0.1) is 30.0 Å². The standard InChI is InChI=1S/C17H15N.C9H11F.C7H15N/c1-12(2)16-9-8-14(10-13(16)3)17-7-5-4-6-15(17)11-18;1-2-4-8-5-3-6-9(10)7-8;1-4-8-6-5-7(2)3/h4-10H,1H2,2-3H3;3,5-7H,2,4H2,1H3;4,7-8H,1,5-6H2,2-3H3. The molecular weight excluding hydrogens is 443 g/mol. The number of hydrogen-bond donors (Lipinski definition) is 1. The van der Waals surface area contributed by atoms with Crippen LogP contribution in [0.15, 0.2) is 86.1 Å². The van der Waals surface area contributed by atoms with Gasteiger partial charge in [0.05, 0.1) is 11.6 Å². The van der Waals surface area contributed by atoms with E-state index in [1.165, 1.54) is 23.6 Å². The fraction of sp³-hybridized carbons (Fsp3) is 0.303. The molecule has 3 aromatic rings. The van der Waals surface area contributed by atoms with Gasteiger partial charge in [-0.15, -0.1) is 0 Å². The summed E-state index contributed by atoms with van der Waals surface area (Å²) in [7, 11) is 0. The molecule has 0 aromatic heterocycles. The van der Waals surface area contributed by atoms with Gasteiger partial charge in [0.15, 0.2) is 0 Å². The summed E-state index contributed by atoms with van der Waals surface area (Å²) >= 11 is 0. The Labute approximate surface area is 218 Å². The minimum atomic E-state index is -0.133. The lowest BCUT2D eigenvalue weighted by Gasteiger charge is -2.09. The van der Waals surface area contributed by atoms with Gasteiger partial charge < -0.3 is 5.32 Å². The highest BCUT2D eigenvalue weighted by Gasteiger charge is 2.06. The van der Waals surface area contributed by atoms with E-state index < -0.39 is 0 Å². The van der Waals surface area contributed by atoms with Gasteiger partial charge >= 0.3 is 0 Å². The van der Waals surface area contributed by atoms with Crippen molar-refractivity contribution in [2.24, 2.45) is 5.92 Å². The SMILES string of the molecule is C=C(C)c1ccc(-c2ccccc2C#N)cc1C.C=CNCCC(C)C.CCCc1cccc(F)c1. The minimum absolute atomic E-state index is 0.133. The Morgan fingerprint density at radius 2 is 1.81 bits per heavy atom. The fourth-order valence-corrected chi connectivity index (χ4v) is 3.60. The van der Waals surface area contributed by atoms with Crippen molar-refractivity contribution in [2.45, 2.75) is 53.9 Å². The highest BCUT2D eigenvalue weighted by molar-refractivity contribution is 5.74. The van der Waals surface area contributed by atoms with E-state index in [1.807, 2.05) is 43.3 Å². The molecule has 0 aliphatic heterocycles. The predicted molar refractivity (Wildman–Crippen MR) is 154 cm³/mol. The lowest BCUT2D eigenvalue weighted by Crippen LogP contribution is -2.08. The van der Waals surface area contributed by atoms with Gasteiger partial charge in [-0.3, -0.25) is 0 Å². The first-order valence-electron chi connectivity index (χ1n) is 12.6. The zero-order valence-electron chi connectivity index (χ0n) is 22.6. The smallest absolute Gasteiger partial charge is 0.123 e. The zero-order valence-corrected chi connectivity index (χ0v) is 22.6. The maximum atomic E-state index is 12.5. The monoisotopic (exact) mass is 484 g/mol. The summed E-state index contributed by atoms with van der Waals surface area (Å²) in [5.74, 6) is 0.661. The maximum Gasteiger partial charge on any atom is 0.123 e. The predicted octanol–water partition coefficient (Wildman–Crippen LogP) is 9.11. The van der Waals surface area contributed by atoms with Crippen LogP contribution in [0.25, 0.3) is 16.7 Å². The van der Waals surface area contributed by atoms with E-state index in [9.17, 15) is 4.39 Å². The first kappa shape index (κ1) is 30.4. The average Bonchev–Trinajstić information content (AvgIpc) is 2.85. The van der Waals surface area contributed by atoms with Crippen molar-refractivity contribution in [3.63, 3.8) is 0 Å². The van der Waals surface area contributed by atoms with Crippen LogP contribution in [0.1, 0.15) is 62.8 Å². The average molecular weight is 485 g/mol. The summed E-state index contributed by atoms with van der Waals surface area (Å²) in [6.07, 6.45) is 5.01. The van der Waals surface area contributed by atoms with E-state index in [0.717, 1.165) is 47.6 Å². The fourth-order valence-electron chi connectivity index (χ4n) is 3.60. The van der Waals surface area contributed by atoms with Crippen LogP contribution in [0.4, 0.5) is 4.39 Å². The van der Waals surface area contributed by atoms with Gasteiger partial charge in [-0.25, -0.2) is 4.39 Å². The molecule has 36 heavy (non-hydrogen) atoms. The number of allylic oxidation sites excluding steroid dienone is 1. The van der Waals surface area contributed by atoms with E-state index in [4.69, 9.17) is 5.26 Å². The normalized spacial score (nSPS) is 9.72. The molecule has 3 heteroatoms. The number of benzene rings is 3. The minimum Gasteiger partial charge on any atom is -0.391 e. The number of nitrogens with zero attached hydrogens (tertiary/aromatic N) is 1. The molecule has 0 heterocycles. The van der Waals surface area contributed by atoms with E-state index in [1.54, 1.807) is 18.3 Å². The molecule has 1 N–H and O–H groups in total. The molecule has 3 rings (SSSR count). The van der Waals surface area contributed by atoms with Crippen LogP contribution in [-0.2, 0) is 6.42 Å². The van der Waals surface area contributed by atoms with Gasteiger partial charge in [0.2, 0.25) is 0 Å².